The Morgan fingerprint density at radius 1 is 1.32 bits per heavy atom. The third-order valence-electron chi connectivity index (χ3n) is 4.60. The summed E-state index contributed by atoms with van der Waals surface area (Å²) in [7, 11) is 0. The van der Waals surface area contributed by atoms with E-state index in [9.17, 15) is 5.11 Å². The van der Waals surface area contributed by atoms with Gasteiger partial charge in [-0.05, 0) is 37.8 Å². The third kappa shape index (κ3) is 2.83. The van der Waals surface area contributed by atoms with Gasteiger partial charge in [-0.2, -0.15) is 0 Å². The van der Waals surface area contributed by atoms with Crippen LogP contribution in [-0.4, -0.2) is 42.2 Å². The van der Waals surface area contributed by atoms with Crippen LogP contribution in [-0.2, 0) is 5.60 Å². The summed E-state index contributed by atoms with van der Waals surface area (Å²) in [4.78, 5) is 2.42. The maximum atomic E-state index is 10.7. The summed E-state index contributed by atoms with van der Waals surface area (Å²) in [5, 5.41) is 14.3. The van der Waals surface area contributed by atoms with Gasteiger partial charge in [-0.25, -0.2) is 0 Å². The number of hydrogen-bond donors (Lipinski definition) is 2. The van der Waals surface area contributed by atoms with Gasteiger partial charge in [0.15, 0.2) is 0 Å². The van der Waals surface area contributed by atoms with Crippen molar-refractivity contribution in [2.24, 2.45) is 5.92 Å². The highest BCUT2D eigenvalue weighted by Gasteiger charge is 2.37. The number of likely N-dealkylation sites (tertiary alicyclic amines) is 1. The van der Waals surface area contributed by atoms with Crippen LogP contribution in [0.3, 0.4) is 0 Å². The summed E-state index contributed by atoms with van der Waals surface area (Å²) >= 11 is 0. The summed E-state index contributed by atoms with van der Waals surface area (Å²) in [5.41, 5.74) is 0.257. The van der Waals surface area contributed by atoms with E-state index >= 15 is 0 Å². The van der Waals surface area contributed by atoms with Crippen molar-refractivity contribution in [3.63, 3.8) is 0 Å². The molecule has 3 rings (SSSR count). The molecule has 3 nitrogen and oxygen atoms in total. The highest BCUT2D eigenvalue weighted by molar-refractivity contribution is 5.22. The lowest BCUT2D eigenvalue weighted by atomic mass is 9.94. The topological polar surface area (TPSA) is 35.5 Å². The van der Waals surface area contributed by atoms with Crippen LogP contribution < -0.4 is 5.32 Å². The third-order valence-corrected chi connectivity index (χ3v) is 4.60. The smallest absolute Gasteiger partial charge is 0.0994 e. The van der Waals surface area contributed by atoms with E-state index < -0.39 is 5.60 Å². The van der Waals surface area contributed by atoms with Crippen LogP contribution in [0.5, 0.6) is 0 Å². The number of benzene rings is 1. The van der Waals surface area contributed by atoms with Crippen LogP contribution in [0.1, 0.15) is 25.3 Å². The molecule has 104 valence electrons. The highest BCUT2D eigenvalue weighted by Crippen LogP contribution is 2.28. The number of rotatable bonds is 3. The molecule has 19 heavy (non-hydrogen) atoms. The molecule has 2 aliphatic rings. The maximum Gasteiger partial charge on any atom is 0.0994 e. The molecule has 0 spiro atoms. The van der Waals surface area contributed by atoms with Crippen molar-refractivity contribution in [2.75, 3.05) is 26.2 Å². The average Bonchev–Trinajstić information content (AvgIpc) is 2.81. The molecule has 2 fully saturated rings. The molecule has 3 atom stereocenters. The van der Waals surface area contributed by atoms with Gasteiger partial charge in [-0.1, -0.05) is 30.3 Å². The number of piperidine rings is 1. The quantitative estimate of drug-likeness (QED) is 0.866. The summed E-state index contributed by atoms with van der Waals surface area (Å²) < 4.78 is 0. The molecule has 2 heterocycles. The maximum absolute atomic E-state index is 10.7. The van der Waals surface area contributed by atoms with E-state index in [2.05, 4.69) is 10.2 Å². The fraction of sp³-hybridized carbons (Fsp3) is 0.625. The molecule has 1 unspecified atom stereocenters. The molecule has 0 bridgehead atoms. The van der Waals surface area contributed by atoms with Gasteiger partial charge in [0.25, 0.3) is 0 Å². The fourth-order valence-electron chi connectivity index (χ4n) is 3.59. The second kappa shape index (κ2) is 5.23. The first kappa shape index (κ1) is 13.1. The largest absolute Gasteiger partial charge is 0.384 e. The minimum atomic E-state index is -0.755. The molecule has 3 heteroatoms. The first-order chi connectivity index (χ1) is 9.15. The van der Waals surface area contributed by atoms with Gasteiger partial charge in [0.1, 0.15) is 0 Å². The second-order valence-corrected chi connectivity index (χ2v) is 6.30. The number of fused-ring (bicyclic) bond motifs is 1. The highest BCUT2D eigenvalue weighted by atomic mass is 16.3. The Hall–Kier alpha value is -0.900. The van der Waals surface area contributed by atoms with Crippen LogP contribution in [0.2, 0.25) is 0 Å². The van der Waals surface area contributed by atoms with Crippen LogP contribution in [0.15, 0.2) is 30.3 Å². The predicted molar refractivity (Wildman–Crippen MR) is 77.0 cm³/mol. The Kier molecular flexibility index (Phi) is 3.61. The predicted octanol–water partition coefficient (Wildman–Crippen LogP) is 1.58. The van der Waals surface area contributed by atoms with Crippen molar-refractivity contribution in [3.8, 4) is 0 Å². The van der Waals surface area contributed by atoms with Crippen molar-refractivity contribution in [1.82, 2.24) is 10.2 Å². The van der Waals surface area contributed by atoms with Crippen molar-refractivity contribution < 1.29 is 5.11 Å². The summed E-state index contributed by atoms with van der Waals surface area (Å²) in [5.74, 6) is 0.778. The van der Waals surface area contributed by atoms with E-state index in [0.717, 1.165) is 37.7 Å². The number of aliphatic hydroxyl groups is 1. The zero-order valence-corrected chi connectivity index (χ0v) is 11.7. The molecule has 2 aliphatic heterocycles. The van der Waals surface area contributed by atoms with E-state index in [1.807, 2.05) is 37.3 Å². The molecule has 0 amide bonds. The second-order valence-electron chi connectivity index (χ2n) is 6.30. The molecule has 0 radical (unpaired) electrons. The molecule has 0 saturated carbocycles. The Balaban J connectivity index is 1.65. The lowest BCUT2D eigenvalue weighted by molar-refractivity contribution is 0.0215. The first-order valence-corrected chi connectivity index (χ1v) is 7.39. The van der Waals surface area contributed by atoms with E-state index in [0.29, 0.717) is 6.04 Å². The molecule has 2 N–H and O–H groups in total. The monoisotopic (exact) mass is 260 g/mol. The molecule has 1 aromatic carbocycles. The van der Waals surface area contributed by atoms with Crippen LogP contribution in [0.25, 0.3) is 0 Å². The zero-order chi connectivity index (χ0) is 13.3. The number of hydrogen-bond acceptors (Lipinski definition) is 3. The molecular weight excluding hydrogens is 236 g/mol. The van der Waals surface area contributed by atoms with Crippen LogP contribution in [0, 0.1) is 5.92 Å². The van der Waals surface area contributed by atoms with E-state index in [4.69, 9.17) is 0 Å². The van der Waals surface area contributed by atoms with Crippen molar-refractivity contribution in [1.29, 1.82) is 0 Å². The molecule has 1 aromatic rings. The van der Waals surface area contributed by atoms with Gasteiger partial charge in [-0.15, -0.1) is 0 Å². The Morgan fingerprint density at radius 3 is 2.84 bits per heavy atom. The average molecular weight is 260 g/mol. The Morgan fingerprint density at radius 2 is 2.11 bits per heavy atom. The SMILES string of the molecule is CC(O)(CN1C[C@@H]2CCCN[C@@H]2C1)c1ccccc1. The van der Waals surface area contributed by atoms with Crippen LogP contribution in [0.4, 0.5) is 0 Å². The first-order valence-electron chi connectivity index (χ1n) is 7.39. The lowest BCUT2D eigenvalue weighted by Crippen LogP contribution is -2.41. The Bertz CT molecular complexity index is 404. The van der Waals surface area contributed by atoms with Crippen molar-refractivity contribution in [2.45, 2.75) is 31.4 Å². The number of β-amino-alcohol motifs (C(OH)–C–C–N with tert-alkyl or cyclic N) is 1. The van der Waals surface area contributed by atoms with E-state index in [1.165, 1.54) is 12.8 Å². The normalized spacial score (nSPS) is 30.8. The summed E-state index contributed by atoms with van der Waals surface area (Å²) in [6, 6.07) is 10.7. The van der Waals surface area contributed by atoms with Gasteiger partial charge in [0.05, 0.1) is 5.60 Å². The minimum absolute atomic E-state index is 0.639. The van der Waals surface area contributed by atoms with E-state index in [1.54, 1.807) is 0 Å². The van der Waals surface area contributed by atoms with Gasteiger partial charge >= 0.3 is 0 Å². The molecule has 2 saturated heterocycles. The number of nitrogens with one attached hydrogen (secondary N) is 1. The summed E-state index contributed by atoms with van der Waals surface area (Å²) in [6.07, 6.45) is 2.63. The van der Waals surface area contributed by atoms with Gasteiger partial charge in [-0.3, -0.25) is 4.90 Å². The summed E-state index contributed by atoms with van der Waals surface area (Å²) in [6.45, 7) is 6.02. The van der Waals surface area contributed by atoms with Gasteiger partial charge in [0.2, 0.25) is 0 Å². The molecular formula is C16H24N2O. The van der Waals surface area contributed by atoms with Gasteiger partial charge in [0, 0.05) is 25.7 Å². The van der Waals surface area contributed by atoms with Crippen LogP contribution >= 0.6 is 0 Å². The van der Waals surface area contributed by atoms with Gasteiger partial charge < -0.3 is 10.4 Å². The molecule has 0 aromatic heterocycles. The lowest BCUT2D eigenvalue weighted by Gasteiger charge is -2.29. The standard InChI is InChI=1S/C16H24N2O/c1-16(19,14-7-3-2-4-8-14)12-18-10-13-6-5-9-17-15(13)11-18/h2-4,7-8,13,15,17,19H,5-6,9-12H2,1H3/t13-,15+,16?/m0/s1. The fourth-order valence-corrected chi connectivity index (χ4v) is 3.59. The number of nitrogens with zero attached hydrogens (tertiary/aromatic N) is 1. The Labute approximate surface area is 115 Å². The zero-order valence-electron chi connectivity index (χ0n) is 11.7. The minimum Gasteiger partial charge on any atom is -0.384 e. The van der Waals surface area contributed by atoms with Crippen molar-refractivity contribution in [3.05, 3.63) is 35.9 Å². The molecule has 0 aliphatic carbocycles. The van der Waals surface area contributed by atoms with Crippen molar-refractivity contribution >= 4 is 0 Å². The van der Waals surface area contributed by atoms with E-state index in [-0.39, 0.29) is 0 Å².